The van der Waals surface area contributed by atoms with Crippen LogP contribution in [0.25, 0.3) is 10.2 Å². The average Bonchev–Trinajstić information content (AvgIpc) is 3.18. The zero-order chi connectivity index (χ0) is 21.5. The number of carbonyl (C=O) groups is 3. The summed E-state index contributed by atoms with van der Waals surface area (Å²) in [7, 11) is 0. The molecule has 156 valence electrons. The number of imide groups is 1. The molecule has 0 spiro atoms. The van der Waals surface area contributed by atoms with Crippen LogP contribution < -0.4 is 16.2 Å². The molecular formula is C19H24N4O5S. The normalized spacial score (nSPS) is 14.4. The minimum atomic E-state index is -1.18. The molecule has 3 heterocycles. The molecule has 3 amide bonds. The highest BCUT2D eigenvalue weighted by atomic mass is 32.1. The number of nitrogens with zero attached hydrogens (tertiary/aromatic N) is 2. The van der Waals surface area contributed by atoms with Gasteiger partial charge < -0.3 is 10.1 Å². The van der Waals surface area contributed by atoms with Gasteiger partial charge in [0.1, 0.15) is 15.5 Å². The Kier molecular flexibility index (Phi) is 5.48. The van der Waals surface area contributed by atoms with Gasteiger partial charge in [0.2, 0.25) is 0 Å². The van der Waals surface area contributed by atoms with E-state index in [-0.39, 0.29) is 10.4 Å². The van der Waals surface area contributed by atoms with Crippen LogP contribution in [0.5, 0.6) is 0 Å². The number of ether oxygens (including phenoxy) is 1. The summed E-state index contributed by atoms with van der Waals surface area (Å²) in [6.45, 7) is 9.00. The smallest absolute Gasteiger partial charge is 0.349 e. The van der Waals surface area contributed by atoms with Gasteiger partial charge >= 0.3 is 12.0 Å². The molecule has 2 aromatic rings. The van der Waals surface area contributed by atoms with E-state index in [2.05, 4.69) is 15.6 Å². The van der Waals surface area contributed by atoms with E-state index in [0.717, 1.165) is 30.0 Å². The minimum absolute atomic E-state index is 0.153. The Bertz CT molecular complexity index is 1060. The van der Waals surface area contributed by atoms with Crippen molar-refractivity contribution in [3.63, 3.8) is 0 Å². The van der Waals surface area contributed by atoms with Crippen LogP contribution in [0, 0.1) is 6.92 Å². The van der Waals surface area contributed by atoms with Crippen molar-refractivity contribution in [3.8, 4) is 0 Å². The first kappa shape index (κ1) is 21.0. The molecule has 1 unspecified atom stereocenters. The van der Waals surface area contributed by atoms with E-state index in [1.54, 1.807) is 32.3 Å². The van der Waals surface area contributed by atoms with Crippen LogP contribution in [0.4, 0.5) is 4.79 Å². The number of esters is 1. The third-order valence-corrected chi connectivity index (χ3v) is 5.64. The fourth-order valence-corrected chi connectivity index (χ4v) is 4.20. The average molecular weight is 420 g/mol. The minimum Gasteiger partial charge on any atom is -0.448 e. The highest BCUT2D eigenvalue weighted by Gasteiger charge is 2.27. The monoisotopic (exact) mass is 420 g/mol. The van der Waals surface area contributed by atoms with Crippen LogP contribution >= 0.6 is 11.3 Å². The second kappa shape index (κ2) is 7.58. The fraction of sp³-hybridized carbons (Fsp3) is 0.526. The fourth-order valence-electron chi connectivity index (χ4n) is 3.12. The maximum absolute atomic E-state index is 12.7. The van der Waals surface area contributed by atoms with Crippen LogP contribution in [0.2, 0.25) is 0 Å². The quantitative estimate of drug-likeness (QED) is 0.732. The van der Waals surface area contributed by atoms with Gasteiger partial charge in [-0.25, -0.2) is 14.6 Å². The van der Waals surface area contributed by atoms with Gasteiger partial charge in [0.15, 0.2) is 6.10 Å². The molecule has 29 heavy (non-hydrogen) atoms. The molecule has 1 atom stereocenters. The number of fused-ring (bicyclic) bond motifs is 2. The molecule has 2 N–H and O–H groups in total. The Labute approximate surface area is 171 Å². The van der Waals surface area contributed by atoms with Gasteiger partial charge in [-0.2, -0.15) is 0 Å². The number of thiophene rings is 1. The Hall–Kier alpha value is -2.75. The molecule has 0 radical (unpaired) electrons. The lowest BCUT2D eigenvalue weighted by atomic mass is 10.1. The second-order valence-corrected chi connectivity index (χ2v) is 9.06. The highest BCUT2D eigenvalue weighted by molar-refractivity contribution is 7.20. The van der Waals surface area contributed by atoms with Crippen molar-refractivity contribution < 1.29 is 19.1 Å². The molecule has 0 fully saturated rings. The summed E-state index contributed by atoms with van der Waals surface area (Å²) in [6.07, 6.45) is 0.426. The van der Waals surface area contributed by atoms with Crippen molar-refractivity contribution in [2.75, 3.05) is 0 Å². The number of nitrogens with one attached hydrogen (secondary N) is 2. The number of hydrogen-bond donors (Lipinski definition) is 2. The second-order valence-electron chi connectivity index (χ2n) is 8.07. The van der Waals surface area contributed by atoms with Gasteiger partial charge in [-0.3, -0.25) is 19.5 Å². The Morgan fingerprint density at radius 1 is 1.28 bits per heavy atom. The number of rotatable bonds is 3. The first-order valence-corrected chi connectivity index (χ1v) is 10.2. The van der Waals surface area contributed by atoms with Crippen molar-refractivity contribution in [2.45, 2.75) is 65.6 Å². The number of carbonyl (C=O) groups excluding carboxylic acids is 3. The lowest BCUT2D eigenvalue weighted by Crippen LogP contribution is -2.50. The van der Waals surface area contributed by atoms with Crippen LogP contribution in [0.15, 0.2) is 4.79 Å². The molecule has 2 aromatic heterocycles. The lowest BCUT2D eigenvalue weighted by molar-refractivity contribution is -0.127. The zero-order valence-corrected chi connectivity index (χ0v) is 17.9. The molecule has 0 saturated carbocycles. The van der Waals surface area contributed by atoms with E-state index in [0.29, 0.717) is 22.3 Å². The number of amides is 3. The largest absolute Gasteiger partial charge is 0.448 e. The predicted molar refractivity (Wildman–Crippen MR) is 108 cm³/mol. The summed E-state index contributed by atoms with van der Waals surface area (Å²) in [4.78, 5) is 54.5. The van der Waals surface area contributed by atoms with E-state index < -0.39 is 29.6 Å². The summed E-state index contributed by atoms with van der Waals surface area (Å²) in [5.74, 6) is -0.744. The molecule has 0 aromatic carbocycles. The summed E-state index contributed by atoms with van der Waals surface area (Å²) in [5, 5.41) is 5.15. The summed E-state index contributed by atoms with van der Waals surface area (Å²) >= 11 is 1.08. The lowest BCUT2D eigenvalue weighted by Gasteiger charge is -2.21. The van der Waals surface area contributed by atoms with Crippen molar-refractivity contribution in [1.82, 2.24) is 20.2 Å². The first-order chi connectivity index (χ1) is 13.5. The van der Waals surface area contributed by atoms with Crippen molar-refractivity contribution >= 4 is 39.5 Å². The van der Waals surface area contributed by atoms with Crippen molar-refractivity contribution in [2.24, 2.45) is 0 Å². The van der Waals surface area contributed by atoms with E-state index >= 15 is 0 Å². The third kappa shape index (κ3) is 4.31. The van der Waals surface area contributed by atoms with Gasteiger partial charge in [0.05, 0.1) is 5.39 Å². The molecule has 0 bridgehead atoms. The third-order valence-electron chi connectivity index (χ3n) is 4.48. The molecule has 0 saturated heterocycles. The maximum Gasteiger partial charge on any atom is 0.349 e. The highest BCUT2D eigenvalue weighted by Crippen LogP contribution is 2.29. The summed E-state index contributed by atoms with van der Waals surface area (Å²) in [6, 6.07) is -0.671. The Balaban J connectivity index is 1.75. The maximum atomic E-state index is 12.7. The first-order valence-electron chi connectivity index (χ1n) is 9.34. The van der Waals surface area contributed by atoms with Crippen LogP contribution in [-0.2, 0) is 22.5 Å². The number of urea groups is 1. The van der Waals surface area contributed by atoms with Gasteiger partial charge in [-0.15, -0.1) is 11.3 Å². The molecule has 9 nitrogen and oxygen atoms in total. The Morgan fingerprint density at radius 2 is 1.97 bits per heavy atom. The van der Waals surface area contributed by atoms with Crippen molar-refractivity contribution in [3.05, 3.63) is 26.6 Å². The molecular weight excluding hydrogens is 396 g/mol. The van der Waals surface area contributed by atoms with E-state index in [4.69, 9.17) is 4.74 Å². The van der Waals surface area contributed by atoms with Gasteiger partial charge in [-0.05, 0) is 46.6 Å². The van der Waals surface area contributed by atoms with Gasteiger partial charge in [-0.1, -0.05) is 0 Å². The topological polar surface area (TPSA) is 119 Å². The van der Waals surface area contributed by atoms with Crippen LogP contribution in [0.1, 0.15) is 55.2 Å². The van der Waals surface area contributed by atoms with Gasteiger partial charge in [0.25, 0.3) is 11.5 Å². The van der Waals surface area contributed by atoms with Crippen LogP contribution in [0.3, 0.4) is 0 Å². The molecule has 1 aliphatic heterocycles. The molecule has 10 heteroatoms. The van der Waals surface area contributed by atoms with Crippen LogP contribution in [-0.4, -0.2) is 39.1 Å². The zero-order valence-electron chi connectivity index (χ0n) is 17.0. The number of hydrogen-bond acceptors (Lipinski definition) is 7. The molecule has 0 aliphatic carbocycles. The predicted octanol–water partition coefficient (Wildman–Crippen LogP) is 1.88. The standard InChI is InChI=1S/C19H24N4O5S/c1-9-12-15(20-11-7-6-8-23(11)16(12)25)29-13(9)17(26)28-10(2)14(24)21-18(27)22-19(3,4)5/h10H,6-8H2,1-5H3,(H2,21,22,24,27). The van der Waals surface area contributed by atoms with E-state index in [9.17, 15) is 19.2 Å². The SMILES string of the molecule is Cc1c(C(=O)OC(C)C(=O)NC(=O)NC(C)(C)C)sc2nc3n(c(=O)c12)CCC3. The summed E-state index contributed by atoms with van der Waals surface area (Å²) in [5.41, 5.74) is -0.174. The Morgan fingerprint density at radius 3 is 2.62 bits per heavy atom. The number of aryl methyl sites for hydroxylation is 2. The molecule has 3 rings (SSSR count). The van der Waals surface area contributed by atoms with E-state index in [1.807, 2.05) is 0 Å². The van der Waals surface area contributed by atoms with Crippen molar-refractivity contribution in [1.29, 1.82) is 0 Å². The van der Waals surface area contributed by atoms with Gasteiger partial charge in [0, 0.05) is 18.5 Å². The summed E-state index contributed by atoms with van der Waals surface area (Å²) < 4.78 is 6.86. The number of aromatic nitrogens is 2. The molecule has 1 aliphatic rings. The van der Waals surface area contributed by atoms with E-state index in [1.165, 1.54) is 6.92 Å².